The van der Waals surface area contributed by atoms with E-state index in [0.29, 0.717) is 50.1 Å². The van der Waals surface area contributed by atoms with Gasteiger partial charge >= 0.3 is 12.1 Å². The van der Waals surface area contributed by atoms with Crippen molar-refractivity contribution < 1.29 is 62.4 Å². The van der Waals surface area contributed by atoms with Crippen LogP contribution in [0, 0.1) is 17.8 Å². The number of primary amides is 1. The molecule has 1 aliphatic carbocycles. The second kappa shape index (κ2) is 21.3. The molecular weight excluding hydrogens is 910 g/mol. The number of thioether (sulfide) groups is 1. The topological polar surface area (TPSA) is 237 Å². The number of imide groups is 1. The second-order valence-corrected chi connectivity index (χ2v) is 20.4. The van der Waals surface area contributed by atoms with E-state index < -0.39 is 76.8 Å². The molecule has 20 heteroatoms. The number of epoxide rings is 1. The van der Waals surface area contributed by atoms with Gasteiger partial charge in [0.15, 0.2) is 5.72 Å². The molecule has 18 nitrogen and oxygen atoms in total. The average Bonchev–Trinajstić information content (AvgIpc) is 3.91. The molecule has 5 aliphatic rings. The molecule has 9 atom stereocenters. The van der Waals surface area contributed by atoms with Crippen molar-refractivity contribution in [2.45, 2.75) is 133 Å². The van der Waals surface area contributed by atoms with Crippen LogP contribution in [0.2, 0.25) is 5.02 Å². The number of ether oxygens (including phenoxy) is 5. The van der Waals surface area contributed by atoms with Crippen LogP contribution in [0.15, 0.2) is 35.9 Å². The molecular formula is C47H64ClN5O13S. The minimum atomic E-state index is -1.87. The largest absolute Gasteiger partial charge is 0.495 e. The molecule has 4 aliphatic heterocycles. The Morgan fingerprint density at radius 3 is 2.46 bits per heavy atom. The number of amides is 6. The zero-order valence-electron chi connectivity index (χ0n) is 39.4. The molecule has 4 N–H and O–H groups in total. The molecule has 4 heterocycles. The minimum absolute atomic E-state index is 0.0246. The maximum absolute atomic E-state index is 14.3. The van der Waals surface area contributed by atoms with Crippen molar-refractivity contribution in [1.82, 2.24) is 15.1 Å². The average molecular weight is 975 g/mol. The molecule has 0 spiro atoms. The first-order chi connectivity index (χ1) is 31.6. The third-order valence-electron chi connectivity index (χ3n) is 14.1. The number of methoxy groups -OCH3 is 2. The number of nitrogens with one attached hydrogen (secondary N) is 1. The molecule has 3 saturated heterocycles. The van der Waals surface area contributed by atoms with Gasteiger partial charge in [-0.1, -0.05) is 42.3 Å². The van der Waals surface area contributed by atoms with Crippen molar-refractivity contribution >= 4 is 70.6 Å². The number of alkyl carbamates (subject to hydrolysis) is 1. The lowest BCUT2D eigenvalue weighted by Gasteiger charge is -2.42. The predicted molar refractivity (Wildman–Crippen MR) is 248 cm³/mol. The maximum atomic E-state index is 14.3. The number of likely N-dealkylation sites (N-methyl/N-ethyl adjacent to an activating group) is 1. The Morgan fingerprint density at radius 1 is 1.10 bits per heavy atom. The number of benzene rings is 1. The van der Waals surface area contributed by atoms with Gasteiger partial charge in [-0.3, -0.25) is 34.2 Å². The number of anilines is 1. The summed E-state index contributed by atoms with van der Waals surface area (Å²) >= 11 is 8.02. The van der Waals surface area contributed by atoms with Gasteiger partial charge in [-0.05, 0) is 76.5 Å². The number of halogens is 1. The van der Waals surface area contributed by atoms with Crippen LogP contribution < -0.4 is 20.7 Å². The number of hydrogen-bond acceptors (Lipinski definition) is 14. The van der Waals surface area contributed by atoms with E-state index in [0.717, 1.165) is 11.1 Å². The summed E-state index contributed by atoms with van der Waals surface area (Å²) in [5, 5.41) is 13.9. The summed E-state index contributed by atoms with van der Waals surface area (Å²) < 4.78 is 29.4. The normalized spacial score (nSPS) is 33.1. The molecule has 6 rings (SSSR count). The Labute approximate surface area is 400 Å². The van der Waals surface area contributed by atoms with Crippen LogP contribution in [-0.2, 0) is 54.1 Å². The number of carbonyl (C=O) groups excluding carboxylic acids is 7. The Morgan fingerprint density at radius 2 is 1.81 bits per heavy atom. The van der Waals surface area contributed by atoms with Crippen molar-refractivity contribution in [3.63, 3.8) is 0 Å². The molecule has 1 saturated carbocycles. The number of esters is 1. The molecule has 1 aromatic rings. The highest BCUT2D eigenvalue weighted by atomic mass is 35.5. The summed E-state index contributed by atoms with van der Waals surface area (Å²) in [6.45, 7) is 7.16. The molecule has 368 valence electrons. The fourth-order valence-corrected chi connectivity index (χ4v) is 11.0. The van der Waals surface area contributed by atoms with Crippen LogP contribution in [0.25, 0.3) is 0 Å². The van der Waals surface area contributed by atoms with E-state index >= 15 is 0 Å². The van der Waals surface area contributed by atoms with E-state index in [9.17, 15) is 38.7 Å². The third-order valence-corrected chi connectivity index (χ3v) is 15.6. The van der Waals surface area contributed by atoms with Crippen molar-refractivity contribution in [2.24, 2.45) is 23.5 Å². The lowest BCUT2D eigenvalue weighted by Crippen LogP contribution is -2.63. The number of hydrogen-bond donors (Lipinski definition) is 3. The quantitative estimate of drug-likeness (QED) is 0.152. The number of rotatable bonds is 12. The fraction of sp³-hybridized carbons (Fsp3) is 0.638. The Hall–Kier alpha value is -4.69. The highest BCUT2D eigenvalue weighted by molar-refractivity contribution is 8.00. The molecule has 4 bridgehead atoms. The molecule has 0 radical (unpaired) electrons. The van der Waals surface area contributed by atoms with Crippen LogP contribution >= 0.6 is 23.4 Å². The molecule has 4 fully saturated rings. The zero-order valence-corrected chi connectivity index (χ0v) is 41.0. The highest BCUT2D eigenvalue weighted by Crippen LogP contribution is 2.49. The van der Waals surface area contributed by atoms with Crippen LogP contribution in [0.5, 0.6) is 5.75 Å². The summed E-state index contributed by atoms with van der Waals surface area (Å²) in [5.74, 6) is -2.71. The lowest BCUT2D eigenvalue weighted by atomic mass is 9.81. The van der Waals surface area contributed by atoms with Gasteiger partial charge in [0.1, 0.15) is 40.7 Å². The van der Waals surface area contributed by atoms with E-state index in [1.54, 1.807) is 45.2 Å². The first-order valence-electron chi connectivity index (χ1n) is 22.7. The first-order valence-corrected chi connectivity index (χ1v) is 24.1. The molecule has 67 heavy (non-hydrogen) atoms. The number of nitrogens with zero attached hydrogens (tertiary/aromatic N) is 3. The maximum Gasteiger partial charge on any atom is 0.409 e. The summed E-state index contributed by atoms with van der Waals surface area (Å²) in [6.07, 6.45) is 3.11. The van der Waals surface area contributed by atoms with E-state index in [4.69, 9.17) is 41.0 Å². The van der Waals surface area contributed by atoms with E-state index in [1.807, 2.05) is 13.0 Å². The van der Waals surface area contributed by atoms with Gasteiger partial charge in [-0.2, -0.15) is 0 Å². The van der Waals surface area contributed by atoms with Gasteiger partial charge in [0.2, 0.25) is 29.5 Å². The fourth-order valence-electron chi connectivity index (χ4n) is 9.55. The lowest BCUT2D eigenvalue weighted by molar-refractivity contribution is -0.162. The van der Waals surface area contributed by atoms with Gasteiger partial charge in [-0.25, -0.2) is 9.59 Å². The molecule has 1 aromatic carbocycles. The third kappa shape index (κ3) is 11.6. The van der Waals surface area contributed by atoms with Crippen LogP contribution in [-0.4, -0.2) is 144 Å². The number of carbonyl (C=O) groups is 7. The van der Waals surface area contributed by atoms with Crippen molar-refractivity contribution in [1.29, 1.82) is 0 Å². The monoisotopic (exact) mass is 973 g/mol. The van der Waals surface area contributed by atoms with Gasteiger partial charge in [0.05, 0.1) is 30.6 Å². The summed E-state index contributed by atoms with van der Waals surface area (Å²) in [6, 6.07) is 2.42. The first kappa shape index (κ1) is 51.7. The van der Waals surface area contributed by atoms with E-state index in [2.05, 4.69) is 5.32 Å². The van der Waals surface area contributed by atoms with Gasteiger partial charge in [0, 0.05) is 64.6 Å². The Bertz CT molecular complexity index is 2170. The van der Waals surface area contributed by atoms with Gasteiger partial charge in [0.25, 0.3) is 0 Å². The van der Waals surface area contributed by atoms with Gasteiger partial charge < -0.3 is 44.3 Å². The number of fused-ring (bicyclic) bond motifs is 5. The van der Waals surface area contributed by atoms with Crippen LogP contribution in [0.4, 0.5) is 10.5 Å². The van der Waals surface area contributed by atoms with E-state index in [-0.39, 0.29) is 66.0 Å². The van der Waals surface area contributed by atoms with Crippen molar-refractivity contribution in [2.75, 3.05) is 45.5 Å². The SMILES string of the molecule is COc1cc2cc(c1Cl)N(C)C(=O)C[C@H](OC(=O)[C@H](C)N(C)C(=O)CCSC1CC(=O)N(CC3CCC(C(N)=O)CC3)C1=O)C1(C)OC1[C@H](C)[C@@H]1C[C@@](O)(NC(=O)O1)[C@H](OC)/C=C/C=C(\C)C2. The zero-order chi connectivity index (χ0) is 49.1. The number of likely N-dealkylation sites (tertiary alicyclic amines) is 1. The smallest absolute Gasteiger partial charge is 0.409 e. The molecule has 6 amide bonds. The van der Waals surface area contributed by atoms with Crippen LogP contribution in [0.3, 0.4) is 0 Å². The number of aliphatic hydroxyl groups is 1. The Kier molecular flexibility index (Phi) is 16.4. The predicted octanol–water partition coefficient (Wildman–Crippen LogP) is 4.06. The van der Waals surface area contributed by atoms with Gasteiger partial charge in [-0.15, -0.1) is 11.8 Å². The number of allylic oxidation sites excluding steroid dienone is 3. The minimum Gasteiger partial charge on any atom is -0.495 e. The summed E-state index contributed by atoms with van der Waals surface area (Å²) in [5.41, 5.74) is 4.31. The summed E-state index contributed by atoms with van der Waals surface area (Å²) in [7, 11) is 5.89. The summed E-state index contributed by atoms with van der Waals surface area (Å²) in [4.78, 5) is 96.5. The molecule has 3 unspecified atom stereocenters. The Balaban J connectivity index is 1.16. The second-order valence-electron chi connectivity index (χ2n) is 18.7. The standard InChI is InChI=1S/C47H64ClN5O13S/c1-25-10-9-11-35(63-8)47(61)23-33(64-45(60)50-47)26(2)41-46(4,66-41)36(22-38(55)52(6)31-19-29(18-25)20-32(62-7)40(31)48)65-44(59)27(3)51(5)37(54)16-17-67-34-21-39(56)53(43(34)58)24-28-12-14-30(15-13-28)42(49)57/h9-11,19-20,26-28,30,33-36,41,61H,12-18,21-24H2,1-8H3,(H2,49,57)(H,50,60)/b11-9+,25-10+/t26-,27+,28?,30?,33+,34?,35-,36+,41?,46?,47+/m1/s1. The molecule has 0 aromatic heterocycles. The van der Waals surface area contributed by atoms with E-state index in [1.165, 1.54) is 54.7 Å². The highest BCUT2D eigenvalue weighted by Gasteiger charge is 2.64. The van der Waals surface area contributed by atoms with Crippen LogP contribution in [0.1, 0.15) is 84.6 Å². The van der Waals surface area contributed by atoms with Crippen molar-refractivity contribution in [3.05, 3.63) is 46.5 Å². The number of nitrogens with two attached hydrogens (primary N) is 1. The van der Waals surface area contributed by atoms with Crippen molar-refractivity contribution in [3.8, 4) is 5.75 Å².